The number of benzene rings is 2. The third-order valence-electron chi connectivity index (χ3n) is 4.95. The van der Waals surface area contributed by atoms with E-state index in [1.165, 1.54) is 11.9 Å². The van der Waals surface area contributed by atoms with Crippen molar-refractivity contribution < 1.29 is 18.0 Å². The predicted molar refractivity (Wildman–Crippen MR) is 119 cm³/mol. The van der Waals surface area contributed by atoms with Crippen molar-refractivity contribution in [3.8, 4) is 0 Å². The van der Waals surface area contributed by atoms with Crippen LogP contribution in [0.4, 0.5) is 5.69 Å². The van der Waals surface area contributed by atoms with E-state index in [1.807, 2.05) is 31.2 Å². The number of nitrogens with zero attached hydrogens (tertiary/aromatic N) is 2. The summed E-state index contributed by atoms with van der Waals surface area (Å²) in [5, 5.41) is 2.55. The molecule has 0 aromatic heterocycles. The maximum Gasteiger partial charge on any atom is 0.244 e. The molecular formula is C22H29N3O4S. The Morgan fingerprint density at radius 3 is 2.17 bits per heavy atom. The van der Waals surface area contributed by atoms with Gasteiger partial charge in [0.25, 0.3) is 0 Å². The van der Waals surface area contributed by atoms with E-state index in [1.54, 1.807) is 38.1 Å². The molecule has 2 aromatic rings. The van der Waals surface area contributed by atoms with Crippen LogP contribution in [0.5, 0.6) is 0 Å². The van der Waals surface area contributed by atoms with Crippen LogP contribution in [-0.4, -0.2) is 51.0 Å². The van der Waals surface area contributed by atoms with Crippen molar-refractivity contribution in [1.29, 1.82) is 0 Å². The van der Waals surface area contributed by atoms with Gasteiger partial charge in [-0.2, -0.15) is 0 Å². The number of hydrogen-bond donors (Lipinski definition) is 1. The molecule has 0 heterocycles. The largest absolute Gasteiger partial charge is 0.357 e. The zero-order chi connectivity index (χ0) is 22.5. The second kappa shape index (κ2) is 9.75. The molecule has 7 nitrogen and oxygen atoms in total. The van der Waals surface area contributed by atoms with Crippen molar-refractivity contribution in [1.82, 2.24) is 10.2 Å². The summed E-state index contributed by atoms with van der Waals surface area (Å²) in [4.78, 5) is 26.9. The lowest BCUT2D eigenvalue weighted by Gasteiger charge is -2.31. The Morgan fingerprint density at radius 2 is 1.63 bits per heavy atom. The average Bonchev–Trinajstić information content (AvgIpc) is 2.70. The summed E-state index contributed by atoms with van der Waals surface area (Å²) in [5.41, 5.74) is 3.11. The highest BCUT2D eigenvalue weighted by Gasteiger charge is 2.30. The van der Waals surface area contributed by atoms with E-state index in [0.717, 1.165) is 27.3 Å². The molecule has 0 saturated heterocycles. The van der Waals surface area contributed by atoms with Gasteiger partial charge in [0.15, 0.2) is 0 Å². The minimum Gasteiger partial charge on any atom is -0.357 e. The number of hydrogen-bond acceptors (Lipinski definition) is 4. The van der Waals surface area contributed by atoms with Crippen molar-refractivity contribution in [2.24, 2.45) is 0 Å². The summed E-state index contributed by atoms with van der Waals surface area (Å²) < 4.78 is 26.0. The Hall–Kier alpha value is -2.87. The van der Waals surface area contributed by atoms with E-state index in [9.17, 15) is 18.0 Å². The van der Waals surface area contributed by atoms with Crippen LogP contribution < -0.4 is 9.62 Å². The fraction of sp³-hybridized carbons (Fsp3) is 0.364. The molecule has 2 amide bonds. The molecule has 162 valence electrons. The van der Waals surface area contributed by atoms with Gasteiger partial charge >= 0.3 is 0 Å². The van der Waals surface area contributed by atoms with Gasteiger partial charge in [-0.1, -0.05) is 48.0 Å². The molecule has 0 radical (unpaired) electrons. The van der Waals surface area contributed by atoms with Crippen molar-refractivity contribution >= 4 is 27.5 Å². The summed E-state index contributed by atoms with van der Waals surface area (Å²) in [6.07, 6.45) is 1.07. The van der Waals surface area contributed by atoms with Gasteiger partial charge < -0.3 is 10.2 Å². The molecule has 0 aliphatic heterocycles. The Kier molecular flexibility index (Phi) is 7.61. The van der Waals surface area contributed by atoms with Crippen molar-refractivity contribution in [3.05, 3.63) is 65.2 Å². The van der Waals surface area contributed by atoms with Crippen LogP contribution in [-0.2, 0) is 26.2 Å². The molecule has 2 rings (SSSR count). The number of nitrogens with one attached hydrogen (secondary N) is 1. The van der Waals surface area contributed by atoms with Gasteiger partial charge in [0.1, 0.15) is 12.6 Å². The van der Waals surface area contributed by atoms with Gasteiger partial charge in [-0.15, -0.1) is 0 Å². The Morgan fingerprint density at radius 1 is 1.03 bits per heavy atom. The molecule has 0 saturated carbocycles. The maximum absolute atomic E-state index is 13.3. The quantitative estimate of drug-likeness (QED) is 0.694. The number of sulfonamides is 1. The van der Waals surface area contributed by atoms with Gasteiger partial charge in [-0.25, -0.2) is 8.42 Å². The summed E-state index contributed by atoms with van der Waals surface area (Å²) in [6, 6.07) is 13.9. The highest BCUT2D eigenvalue weighted by atomic mass is 32.2. The molecule has 1 atom stereocenters. The SMILES string of the molecule is CNC(=O)[C@@H](C)N(Cc1ccc(C)cc1)C(=O)CN(c1ccccc1C)S(C)(=O)=O. The molecule has 2 aromatic carbocycles. The van der Waals surface area contributed by atoms with E-state index in [2.05, 4.69) is 5.32 Å². The van der Waals surface area contributed by atoms with Gasteiger partial charge in [-0.05, 0) is 38.0 Å². The maximum atomic E-state index is 13.3. The first-order valence-corrected chi connectivity index (χ1v) is 11.5. The summed E-state index contributed by atoms with van der Waals surface area (Å²) in [6.45, 7) is 5.18. The summed E-state index contributed by atoms with van der Waals surface area (Å²) in [7, 11) is -2.21. The monoisotopic (exact) mass is 431 g/mol. The lowest BCUT2D eigenvalue weighted by Crippen LogP contribution is -2.50. The van der Waals surface area contributed by atoms with Crippen LogP contribution in [0.2, 0.25) is 0 Å². The number of amides is 2. The molecular weight excluding hydrogens is 402 g/mol. The van der Waals surface area contributed by atoms with E-state index >= 15 is 0 Å². The third kappa shape index (κ3) is 5.82. The number of anilines is 1. The predicted octanol–water partition coefficient (Wildman–Crippen LogP) is 2.23. The van der Waals surface area contributed by atoms with E-state index in [-0.39, 0.29) is 12.5 Å². The summed E-state index contributed by atoms with van der Waals surface area (Å²) >= 11 is 0. The second-order valence-electron chi connectivity index (χ2n) is 7.35. The van der Waals surface area contributed by atoms with Gasteiger partial charge in [0.05, 0.1) is 11.9 Å². The van der Waals surface area contributed by atoms with Crippen molar-refractivity contribution in [3.63, 3.8) is 0 Å². The summed E-state index contributed by atoms with van der Waals surface area (Å²) in [5.74, 6) is -0.780. The van der Waals surface area contributed by atoms with E-state index in [4.69, 9.17) is 0 Å². The minimum absolute atomic E-state index is 0.194. The molecule has 0 fully saturated rings. The molecule has 8 heteroatoms. The average molecular weight is 432 g/mol. The number of carbonyl (C=O) groups excluding carboxylic acids is 2. The lowest BCUT2D eigenvalue weighted by molar-refractivity contribution is -0.139. The van der Waals surface area contributed by atoms with Crippen LogP contribution in [0.25, 0.3) is 0 Å². The fourth-order valence-electron chi connectivity index (χ4n) is 3.12. The molecule has 0 unspecified atom stereocenters. The zero-order valence-corrected chi connectivity index (χ0v) is 18.9. The van der Waals surface area contributed by atoms with Crippen LogP contribution >= 0.6 is 0 Å². The number of aryl methyl sites for hydroxylation is 2. The highest BCUT2D eigenvalue weighted by Crippen LogP contribution is 2.22. The first-order valence-electron chi connectivity index (χ1n) is 9.64. The topological polar surface area (TPSA) is 86.8 Å². The molecule has 0 aliphatic rings. The number of para-hydroxylation sites is 1. The van der Waals surface area contributed by atoms with Gasteiger partial charge in [-0.3, -0.25) is 13.9 Å². The smallest absolute Gasteiger partial charge is 0.244 e. The van der Waals surface area contributed by atoms with Crippen LogP contribution in [0.15, 0.2) is 48.5 Å². The second-order valence-corrected chi connectivity index (χ2v) is 9.26. The first-order chi connectivity index (χ1) is 14.0. The van der Waals surface area contributed by atoms with Crippen LogP contribution in [0.3, 0.4) is 0 Å². The lowest BCUT2D eigenvalue weighted by atomic mass is 10.1. The fourth-order valence-corrected chi connectivity index (χ4v) is 4.03. The highest BCUT2D eigenvalue weighted by molar-refractivity contribution is 7.92. The minimum atomic E-state index is -3.71. The standard InChI is InChI=1S/C22H29N3O4S/c1-16-10-12-19(13-11-16)14-24(18(3)22(27)23-4)21(26)15-25(30(5,28)29)20-9-7-6-8-17(20)2/h6-13,18H,14-15H2,1-5H3,(H,23,27)/t18-/m1/s1. The Balaban J connectivity index is 2.38. The van der Waals surface area contributed by atoms with Crippen LogP contribution in [0.1, 0.15) is 23.6 Å². The van der Waals surface area contributed by atoms with Gasteiger partial charge in [0.2, 0.25) is 21.8 Å². The third-order valence-corrected chi connectivity index (χ3v) is 6.08. The van der Waals surface area contributed by atoms with Gasteiger partial charge in [0, 0.05) is 13.6 Å². The number of rotatable bonds is 8. The van der Waals surface area contributed by atoms with E-state index < -0.39 is 28.5 Å². The van der Waals surface area contributed by atoms with E-state index in [0.29, 0.717) is 5.69 Å². The molecule has 1 N–H and O–H groups in total. The normalized spacial score (nSPS) is 12.2. The number of likely N-dealkylation sites (N-methyl/N-ethyl adjacent to an activating group) is 1. The molecule has 30 heavy (non-hydrogen) atoms. The number of carbonyl (C=O) groups is 2. The van der Waals surface area contributed by atoms with Crippen LogP contribution in [0, 0.1) is 13.8 Å². The first kappa shape index (κ1) is 23.4. The molecule has 0 spiro atoms. The van der Waals surface area contributed by atoms with Crippen molar-refractivity contribution in [2.45, 2.75) is 33.4 Å². The van der Waals surface area contributed by atoms with Crippen molar-refractivity contribution in [2.75, 3.05) is 24.2 Å². The molecule has 0 aliphatic carbocycles. The molecule has 0 bridgehead atoms. The Bertz CT molecular complexity index is 1000. The Labute approximate surface area is 178 Å². The zero-order valence-electron chi connectivity index (χ0n) is 18.0.